The van der Waals surface area contributed by atoms with Crippen LogP contribution in [0.3, 0.4) is 0 Å². The van der Waals surface area contributed by atoms with Crippen molar-refractivity contribution in [1.82, 2.24) is 0 Å². The molecule has 0 aromatic carbocycles. The molecule has 0 amide bonds. The van der Waals surface area contributed by atoms with E-state index < -0.39 is 5.97 Å². The third kappa shape index (κ3) is 7.29. The molecule has 0 aliphatic rings. The van der Waals surface area contributed by atoms with E-state index >= 15 is 0 Å². The highest BCUT2D eigenvalue weighted by Crippen LogP contribution is 1.93. The fraction of sp³-hybridized carbons (Fsp3) is 0.500. The molecule has 0 saturated heterocycles. The van der Waals surface area contributed by atoms with E-state index in [0.29, 0.717) is 6.21 Å². The first-order valence-electron chi connectivity index (χ1n) is 2.23. The highest BCUT2D eigenvalue weighted by atomic mass is 32.1. The summed E-state index contributed by atoms with van der Waals surface area (Å²) < 4.78 is 0. The van der Waals surface area contributed by atoms with Gasteiger partial charge in [0.1, 0.15) is 0 Å². The van der Waals surface area contributed by atoms with E-state index in [4.69, 9.17) is 5.11 Å². The minimum absolute atomic E-state index is 0.374. The van der Waals surface area contributed by atoms with Gasteiger partial charge < -0.3 is 9.94 Å². The van der Waals surface area contributed by atoms with Gasteiger partial charge in [0.25, 0.3) is 0 Å². The summed E-state index contributed by atoms with van der Waals surface area (Å²) in [6.45, 7) is 1.63. The van der Waals surface area contributed by atoms with Crippen LogP contribution in [0, 0.1) is 0 Å². The molecule has 52 valence electrons. The molecule has 0 fully saturated rings. The molecule has 0 heterocycles. The van der Waals surface area contributed by atoms with E-state index in [0.717, 1.165) is 0 Å². The lowest BCUT2D eigenvalue weighted by Crippen LogP contribution is -1.98. The third-order valence-electron chi connectivity index (χ3n) is 0.377. The van der Waals surface area contributed by atoms with Crippen molar-refractivity contribution in [2.24, 2.45) is 5.16 Å². The molecule has 0 aromatic rings. The number of thiol groups is 1. The van der Waals surface area contributed by atoms with Gasteiger partial charge in [0.2, 0.25) is 0 Å². The molecule has 0 rings (SSSR count). The summed E-state index contributed by atoms with van der Waals surface area (Å²) in [5.41, 5.74) is -0.374. The predicted molar refractivity (Wildman–Crippen MR) is 35.7 cm³/mol. The van der Waals surface area contributed by atoms with E-state index in [9.17, 15) is 4.79 Å². The van der Waals surface area contributed by atoms with Crippen LogP contribution in [-0.4, -0.2) is 22.7 Å². The van der Waals surface area contributed by atoms with Gasteiger partial charge in [-0.3, -0.25) is 0 Å². The molecular formula is C4H7NO3S. The summed E-state index contributed by atoms with van der Waals surface area (Å²) in [7, 11) is 0. The van der Waals surface area contributed by atoms with Crippen molar-refractivity contribution in [1.29, 1.82) is 0 Å². The maximum Gasteiger partial charge on any atom is 0.350 e. The first-order chi connectivity index (χ1) is 4.13. The van der Waals surface area contributed by atoms with Gasteiger partial charge in [-0.15, -0.1) is 12.6 Å². The Kier molecular flexibility index (Phi) is 3.87. The van der Waals surface area contributed by atoms with Gasteiger partial charge in [-0.1, -0.05) is 5.16 Å². The Bertz CT molecular complexity index is 123. The van der Waals surface area contributed by atoms with Crippen LogP contribution in [0.15, 0.2) is 5.16 Å². The average molecular weight is 149 g/mol. The van der Waals surface area contributed by atoms with Crippen LogP contribution in [0.1, 0.15) is 6.92 Å². The Morgan fingerprint density at radius 1 is 2.00 bits per heavy atom. The summed E-state index contributed by atoms with van der Waals surface area (Å²) in [4.78, 5) is 14.1. The van der Waals surface area contributed by atoms with Crippen LogP contribution >= 0.6 is 12.6 Å². The van der Waals surface area contributed by atoms with E-state index in [1.807, 2.05) is 0 Å². The standard InChI is InChI=1S/C4H7NO3S/c1-3(9)8-5-2-4(6)7/h2-3,9H,1H3,(H,6,7). The number of carboxylic acid groups (broad SMARTS) is 1. The molecule has 0 aromatic heterocycles. The van der Waals surface area contributed by atoms with Crippen molar-refractivity contribution < 1.29 is 14.7 Å². The Hall–Kier alpha value is -0.710. The monoisotopic (exact) mass is 149 g/mol. The largest absolute Gasteiger partial charge is 0.477 e. The fourth-order valence-electron chi connectivity index (χ4n) is 0.164. The number of oxime groups is 1. The second-order valence-electron chi connectivity index (χ2n) is 1.28. The molecule has 9 heavy (non-hydrogen) atoms. The summed E-state index contributed by atoms with van der Waals surface area (Å²) >= 11 is 3.77. The molecule has 4 nitrogen and oxygen atoms in total. The SMILES string of the molecule is CC(S)ON=CC(=O)O. The number of nitrogens with zero attached hydrogens (tertiary/aromatic N) is 1. The first kappa shape index (κ1) is 8.29. The molecule has 0 saturated carbocycles. The van der Waals surface area contributed by atoms with Crippen molar-refractivity contribution >= 4 is 24.8 Å². The molecule has 1 unspecified atom stereocenters. The molecular weight excluding hydrogens is 142 g/mol. The van der Waals surface area contributed by atoms with Crippen LogP contribution in [0.4, 0.5) is 0 Å². The van der Waals surface area contributed by atoms with Crippen molar-refractivity contribution in [3.63, 3.8) is 0 Å². The third-order valence-corrected chi connectivity index (χ3v) is 0.471. The van der Waals surface area contributed by atoms with Crippen molar-refractivity contribution in [2.45, 2.75) is 12.4 Å². The quantitative estimate of drug-likeness (QED) is 0.263. The number of hydrogen-bond donors (Lipinski definition) is 2. The van der Waals surface area contributed by atoms with Gasteiger partial charge in [0.15, 0.2) is 11.7 Å². The Morgan fingerprint density at radius 3 is 2.89 bits per heavy atom. The summed E-state index contributed by atoms with van der Waals surface area (Å²) in [5.74, 6) is -1.14. The number of carbonyl (C=O) groups is 1. The lowest BCUT2D eigenvalue weighted by molar-refractivity contribution is -0.129. The van der Waals surface area contributed by atoms with Gasteiger partial charge in [-0.25, -0.2) is 4.79 Å². The van der Waals surface area contributed by atoms with E-state index in [-0.39, 0.29) is 5.44 Å². The number of aliphatic carboxylic acids is 1. The van der Waals surface area contributed by atoms with Crippen LogP contribution in [0.5, 0.6) is 0 Å². The second-order valence-corrected chi connectivity index (χ2v) is 2.00. The van der Waals surface area contributed by atoms with Crippen LogP contribution < -0.4 is 0 Å². The Morgan fingerprint density at radius 2 is 2.56 bits per heavy atom. The molecule has 1 N–H and O–H groups in total. The molecule has 0 aliphatic heterocycles. The Labute approximate surface area is 57.9 Å². The van der Waals surface area contributed by atoms with E-state index in [1.54, 1.807) is 6.92 Å². The normalized spacial score (nSPS) is 13.6. The lowest BCUT2D eigenvalue weighted by Gasteiger charge is -1.97. The van der Waals surface area contributed by atoms with Gasteiger partial charge >= 0.3 is 5.97 Å². The maximum atomic E-state index is 9.73. The topological polar surface area (TPSA) is 58.9 Å². The molecule has 5 heteroatoms. The zero-order chi connectivity index (χ0) is 7.28. The minimum Gasteiger partial charge on any atom is -0.477 e. The first-order valence-corrected chi connectivity index (χ1v) is 2.74. The lowest BCUT2D eigenvalue weighted by atomic mass is 10.8. The highest BCUT2D eigenvalue weighted by molar-refractivity contribution is 7.80. The number of rotatable bonds is 3. The molecule has 0 bridgehead atoms. The predicted octanol–water partition coefficient (Wildman–Crippen LogP) is 0.349. The second kappa shape index (κ2) is 4.20. The van der Waals surface area contributed by atoms with Crippen LogP contribution in [0.2, 0.25) is 0 Å². The number of carboxylic acids is 1. The molecule has 0 aliphatic carbocycles. The zero-order valence-electron chi connectivity index (χ0n) is 4.81. The van der Waals surface area contributed by atoms with E-state index in [1.165, 1.54) is 0 Å². The van der Waals surface area contributed by atoms with Gasteiger partial charge in [0, 0.05) is 0 Å². The van der Waals surface area contributed by atoms with Crippen molar-refractivity contribution in [3.05, 3.63) is 0 Å². The van der Waals surface area contributed by atoms with Gasteiger partial charge in [0.05, 0.1) is 0 Å². The zero-order valence-corrected chi connectivity index (χ0v) is 5.71. The summed E-state index contributed by atoms with van der Waals surface area (Å²) in [6.07, 6.45) is 0.659. The number of hydrogen-bond acceptors (Lipinski definition) is 4. The average Bonchev–Trinajstić information content (AvgIpc) is 1.63. The molecule has 0 spiro atoms. The fourth-order valence-corrected chi connectivity index (χ4v) is 0.218. The summed E-state index contributed by atoms with van der Waals surface area (Å²) in [5, 5.41) is 11.0. The van der Waals surface area contributed by atoms with Crippen LogP contribution in [0.25, 0.3) is 0 Å². The maximum absolute atomic E-state index is 9.73. The molecule has 1 atom stereocenters. The van der Waals surface area contributed by atoms with Crippen molar-refractivity contribution in [3.8, 4) is 0 Å². The Balaban J connectivity index is 3.36. The van der Waals surface area contributed by atoms with E-state index in [2.05, 4.69) is 22.6 Å². The smallest absolute Gasteiger partial charge is 0.350 e. The van der Waals surface area contributed by atoms with Crippen molar-refractivity contribution in [2.75, 3.05) is 0 Å². The van der Waals surface area contributed by atoms with Gasteiger partial charge in [-0.2, -0.15) is 0 Å². The minimum atomic E-state index is -1.14. The molecule has 0 radical (unpaired) electrons. The summed E-state index contributed by atoms with van der Waals surface area (Å²) in [6, 6.07) is 0. The van der Waals surface area contributed by atoms with Crippen LogP contribution in [-0.2, 0) is 9.63 Å². The van der Waals surface area contributed by atoms with Gasteiger partial charge in [-0.05, 0) is 6.92 Å². The highest BCUT2D eigenvalue weighted by Gasteiger charge is 1.90.